The van der Waals surface area contributed by atoms with Gasteiger partial charge in [-0.3, -0.25) is 4.68 Å². The van der Waals surface area contributed by atoms with Crippen molar-refractivity contribution in [3.8, 4) is 0 Å². The predicted molar refractivity (Wildman–Crippen MR) is 72.8 cm³/mol. The minimum atomic E-state index is -0.151. The Morgan fingerprint density at radius 3 is 2.22 bits per heavy atom. The molecule has 1 unspecified atom stereocenters. The molecule has 1 aromatic carbocycles. The van der Waals surface area contributed by atoms with Crippen LogP contribution in [-0.2, 0) is 0 Å². The molecule has 0 bridgehead atoms. The van der Waals surface area contributed by atoms with E-state index in [1.165, 1.54) is 0 Å². The molecule has 1 heterocycles. The molecule has 18 heavy (non-hydrogen) atoms. The van der Waals surface area contributed by atoms with Gasteiger partial charge in [0.25, 0.3) is 0 Å². The molecule has 0 fully saturated rings. The van der Waals surface area contributed by atoms with Gasteiger partial charge in [0.1, 0.15) is 5.82 Å². The second-order valence-corrected chi connectivity index (χ2v) is 4.81. The summed E-state index contributed by atoms with van der Waals surface area (Å²) in [7, 11) is 0. The second kappa shape index (κ2) is 4.84. The van der Waals surface area contributed by atoms with Gasteiger partial charge < -0.3 is 5.43 Å². The molecule has 1 N–H and O–H groups in total. The smallest absolute Gasteiger partial charge is 0.126 e. The summed E-state index contributed by atoms with van der Waals surface area (Å²) in [5, 5.41) is 0. The first kappa shape index (κ1) is 12.7. The summed E-state index contributed by atoms with van der Waals surface area (Å²) >= 11 is 0. The molecule has 0 aliphatic carbocycles. The largest absolute Gasteiger partial charge is 0.319 e. The van der Waals surface area contributed by atoms with E-state index in [9.17, 15) is 4.39 Å². The monoisotopic (exact) mass is 246 g/mol. The van der Waals surface area contributed by atoms with Crippen LogP contribution in [0, 0.1) is 26.6 Å². The van der Waals surface area contributed by atoms with Gasteiger partial charge in [-0.2, -0.15) is 0 Å². The zero-order valence-electron chi connectivity index (χ0n) is 11.3. The summed E-state index contributed by atoms with van der Waals surface area (Å²) < 4.78 is 15.6. The number of rotatable bonds is 3. The highest BCUT2D eigenvalue weighted by Crippen LogP contribution is 2.18. The van der Waals surface area contributed by atoms with Gasteiger partial charge in [0, 0.05) is 11.4 Å². The number of benzene rings is 1. The van der Waals surface area contributed by atoms with E-state index < -0.39 is 0 Å². The fourth-order valence-corrected chi connectivity index (χ4v) is 2.02. The van der Waals surface area contributed by atoms with Gasteiger partial charge in [-0.1, -0.05) is 12.1 Å². The van der Waals surface area contributed by atoms with E-state index in [1.807, 2.05) is 37.6 Å². The first-order chi connectivity index (χ1) is 8.49. The Balaban J connectivity index is 2.22. The van der Waals surface area contributed by atoms with Gasteiger partial charge in [-0.15, -0.1) is 0 Å². The Kier molecular flexibility index (Phi) is 3.41. The van der Waals surface area contributed by atoms with Gasteiger partial charge in [-0.05, 0) is 57.0 Å². The van der Waals surface area contributed by atoms with Crippen molar-refractivity contribution in [2.24, 2.45) is 0 Å². The SMILES string of the molecule is Cc1ccc(C(C)Nn2c(C)ccc2C)cc1F. The molecule has 0 radical (unpaired) electrons. The summed E-state index contributed by atoms with van der Waals surface area (Å²) in [4.78, 5) is 0. The fourth-order valence-electron chi connectivity index (χ4n) is 2.02. The van der Waals surface area contributed by atoms with Crippen LogP contribution in [-0.4, -0.2) is 4.68 Å². The van der Waals surface area contributed by atoms with Crippen LogP contribution in [0.2, 0.25) is 0 Å². The molecule has 0 aliphatic rings. The van der Waals surface area contributed by atoms with Gasteiger partial charge in [-0.25, -0.2) is 4.39 Å². The van der Waals surface area contributed by atoms with Crippen LogP contribution in [0.15, 0.2) is 30.3 Å². The Morgan fingerprint density at radius 1 is 1.06 bits per heavy atom. The highest BCUT2D eigenvalue weighted by molar-refractivity contribution is 5.27. The zero-order valence-corrected chi connectivity index (χ0v) is 11.3. The Bertz CT molecular complexity index is 538. The van der Waals surface area contributed by atoms with E-state index in [4.69, 9.17) is 0 Å². The number of nitrogens with one attached hydrogen (secondary N) is 1. The van der Waals surface area contributed by atoms with Crippen molar-refractivity contribution in [1.82, 2.24) is 4.68 Å². The quantitative estimate of drug-likeness (QED) is 0.870. The summed E-state index contributed by atoms with van der Waals surface area (Å²) in [6.45, 7) is 7.89. The first-order valence-corrected chi connectivity index (χ1v) is 6.16. The Hall–Kier alpha value is -1.77. The lowest BCUT2D eigenvalue weighted by atomic mass is 10.1. The Labute approximate surface area is 107 Å². The molecule has 0 aliphatic heterocycles. The van der Waals surface area contributed by atoms with Crippen LogP contribution in [0.1, 0.15) is 35.5 Å². The van der Waals surface area contributed by atoms with Gasteiger partial charge in [0.2, 0.25) is 0 Å². The lowest BCUT2D eigenvalue weighted by Gasteiger charge is -2.20. The third-order valence-electron chi connectivity index (χ3n) is 3.29. The molecule has 3 heteroatoms. The molecule has 0 saturated heterocycles. The van der Waals surface area contributed by atoms with Gasteiger partial charge >= 0.3 is 0 Å². The molecule has 2 aromatic rings. The number of nitrogens with zero attached hydrogens (tertiary/aromatic N) is 1. The van der Waals surface area contributed by atoms with E-state index in [2.05, 4.69) is 17.6 Å². The van der Waals surface area contributed by atoms with Crippen LogP contribution >= 0.6 is 0 Å². The lowest BCUT2D eigenvalue weighted by molar-refractivity contribution is 0.611. The predicted octanol–water partition coefficient (Wildman–Crippen LogP) is 3.86. The maximum Gasteiger partial charge on any atom is 0.126 e. The van der Waals surface area contributed by atoms with Crippen molar-refractivity contribution >= 4 is 0 Å². The number of halogens is 1. The topological polar surface area (TPSA) is 17.0 Å². The number of hydrogen-bond acceptors (Lipinski definition) is 1. The highest BCUT2D eigenvalue weighted by atomic mass is 19.1. The van der Waals surface area contributed by atoms with Gasteiger partial charge in [0.05, 0.1) is 6.04 Å². The van der Waals surface area contributed by atoms with E-state index in [0.717, 1.165) is 17.0 Å². The molecular formula is C15H19FN2. The third-order valence-corrected chi connectivity index (χ3v) is 3.29. The second-order valence-electron chi connectivity index (χ2n) is 4.81. The summed E-state index contributed by atoms with van der Waals surface area (Å²) in [5.41, 5.74) is 7.29. The van der Waals surface area contributed by atoms with Crippen molar-refractivity contribution < 1.29 is 4.39 Å². The highest BCUT2D eigenvalue weighted by Gasteiger charge is 2.09. The molecule has 1 atom stereocenters. The first-order valence-electron chi connectivity index (χ1n) is 6.16. The molecule has 0 saturated carbocycles. The third kappa shape index (κ3) is 2.40. The van der Waals surface area contributed by atoms with Crippen molar-refractivity contribution in [3.63, 3.8) is 0 Å². The minimum Gasteiger partial charge on any atom is -0.319 e. The van der Waals surface area contributed by atoms with Gasteiger partial charge in [0.15, 0.2) is 0 Å². The average molecular weight is 246 g/mol. The maximum absolute atomic E-state index is 13.5. The molecule has 0 spiro atoms. The molecule has 1 aromatic heterocycles. The average Bonchev–Trinajstić information content (AvgIpc) is 2.64. The van der Waals surface area contributed by atoms with Crippen molar-refractivity contribution in [3.05, 3.63) is 58.7 Å². The summed E-state index contributed by atoms with van der Waals surface area (Å²) in [5.74, 6) is -0.151. The number of hydrogen-bond donors (Lipinski definition) is 1. The van der Waals surface area contributed by atoms with Crippen molar-refractivity contribution in [2.45, 2.75) is 33.7 Å². The van der Waals surface area contributed by atoms with Crippen molar-refractivity contribution in [1.29, 1.82) is 0 Å². The standard InChI is InChI=1S/C15H19FN2/c1-10-5-8-14(9-15(10)16)13(4)17-18-11(2)6-7-12(18)3/h5-9,13,17H,1-4H3. The molecule has 2 rings (SSSR count). The van der Waals surface area contributed by atoms with Crippen LogP contribution in [0.3, 0.4) is 0 Å². The van der Waals surface area contributed by atoms with Crippen LogP contribution in [0.5, 0.6) is 0 Å². The Morgan fingerprint density at radius 2 is 1.67 bits per heavy atom. The maximum atomic E-state index is 13.5. The van der Waals surface area contributed by atoms with Crippen LogP contribution in [0.25, 0.3) is 0 Å². The van der Waals surface area contributed by atoms with E-state index in [0.29, 0.717) is 5.56 Å². The lowest BCUT2D eigenvalue weighted by Crippen LogP contribution is -2.21. The van der Waals surface area contributed by atoms with Crippen LogP contribution in [0.4, 0.5) is 4.39 Å². The minimum absolute atomic E-state index is 0.0601. The molecular weight excluding hydrogens is 227 g/mol. The zero-order chi connectivity index (χ0) is 13.3. The normalized spacial score (nSPS) is 12.5. The molecule has 0 amide bonds. The summed E-state index contributed by atoms with van der Waals surface area (Å²) in [6, 6.07) is 9.56. The van der Waals surface area contributed by atoms with E-state index in [-0.39, 0.29) is 11.9 Å². The van der Waals surface area contributed by atoms with E-state index >= 15 is 0 Å². The number of aryl methyl sites for hydroxylation is 3. The molecule has 96 valence electrons. The van der Waals surface area contributed by atoms with Crippen LogP contribution < -0.4 is 5.43 Å². The fraction of sp³-hybridized carbons (Fsp3) is 0.333. The van der Waals surface area contributed by atoms with Crippen molar-refractivity contribution in [2.75, 3.05) is 5.43 Å². The van der Waals surface area contributed by atoms with E-state index in [1.54, 1.807) is 13.0 Å². The number of aromatic nitrogens is 1. The molecule has 2 nitrogen and oxygen atoms in total. The summed E-state index contributed by atoms with van der Waals surface area (Å²) in [6.07, 6.45) is 0.